The summed E-state index contributed by atoms with van der Waals surface area (Å²) in [5.74, 6) is -3.29. The first-order valence-electron chi connectivity index (χ1n) is 8.66. The standard InChI is InChI=1S/C19H19F2N3O3S/c1-3-6-28(26,27)24-15-5-4-14(20)17(18(15)21)16(25)8-12-7-13-11(2)9-22-19(13)23-10-12/h4-5,7,9-10,24H,3,6,8H2,1-2H3,(H,22,23). The first-order valence-corrected chi connectivity index (χ1v) is 10.3. The molecule has 2 aromatic heterocycles. The molecular formula is C19H19F2N3O3S. The summed E-state index contributed by atoms with van der Waals surface area (Å²) in [6, 6.07) is 3.57. The Bertz CT molecular complexity index is 1160. The summed E-state index contributed by atoms with van der Waals surface area (Å²) in [4.78, 5) is 19.7. The number of pyridine rings is 1. The molecule has 0 atom stereocenters. The second-order valence-corrected chi connectivity index (χ2v) is 8.36. The topological polar surface area (TPSA) is 91.9 Å². The molecule has 0 radical (unpaired) electrons. The van der Waals surface area contributed by atoms with Gasteiger partial charge in [-0.2, -0.15) is 0 Å². The molecule has 3 aromatic rings. The highest BCUT2D eigenvalue weighted by atomic mass is 32.2. The van der Waals surface area contributed by atoms with E-state index >= 15 is 0 Å². The van der Waals surface area contributed by atoms with Crippen LogP contribution >= 0.6 is 0 Å². The number of H-pyrrole nitrogens is 1. The minimum atomic E-state index is -3.78. The number of aromatic nitrogens is 2. The quantitative estimate of drug-likeness (QED) is 0.584. The van der Waals surface area contributed by atoms with E-state index < -0.39 is 38.7 Å². The first-order chi connectivity index (χ1) is 13.2. The van der Waals surface area contributed by atoms with Crippen LogP contribution in [0.5, 0.6) is 0 Å². The second-order valence-electron chi connectivity index (χ2n) is 6.52. The van der Waals surface area contributed by atoms with Gasteiger partial charge in [0.25, 0.3) is 0 Å². The summed E-state index contributed by atoms with van der Waals surface area (Å²) in [5, 5.41) is 0.812. The lowest BCUT2D eigenvalue weighted by Gasteiger charge is -2.11. The van der Waals surface area contributed by atoms with Crippen molar-refractivity contribution in [3.8, 4) is 0 Å². The van der Waals surface area contributed by atoms with Crippen LogP contribution in [-0.4, -0.2) is 29.9 Å². The fourth-order valence-corrected chi connectivity index (χ4v) is 4.05. The van der Waals surface area contributed by atoms with E-state index in [0.29, 0.717) is 17.6 Å². The highest BCUT2D eigenvalue weighted by molar-refractivity contribution is 7.92. The number of aromatic amines is 1. The summed E-state index contributed by atoms with van der Waals surface area (Å²) < 4.78 is 54.7. The van der Waals surface area contributed by atoms with Crippen molar-refractivity contribution in [2.24, 2.45) is 0 Å². The molecule has 0 bridgehead atoms. The number of Topliss-reactive ketones (excluding diaryl/α,β-unsaturated/α-hetero) is 1. The van der Waals surface area contributed by atoms with E-state index in [1.807, 2.05) is 6.92 Å². The van der Waals surface area contributed by atoms with Crippen LogP contribution in [0.4, 0.5) is 14.5 Å². The molecule has 148 valence electrons. The Balaban J connectivity index is 1.92. The molecule has 0 aliphatic heterocycles. The van der Waals surface area contributed by atoms with Crippen LogP contribution in [0, 0.1) is 18.6 Å². The van der Waals surface area contributed by atoms with Crippen LogP contribution in [0.25, 0.3) is 11.0 Å². The largest absolute Gasteiger partial charge is 0.346 e. The number of benzene rings is 1. The first kappa shape index (κ1) is 19.9. The van der Waals surface area contributed by atoms with Gasteiger partial charge in [-0.25, -0.2) is 22.2 Å². The summed E-state index contributed by atoms with van der Waals surface area (Å²) in [7, 11) is -3.78. The van der Waals surface area contributed by atoms with E-state index in [1.54, 1.807) is 19.2 Å². The number of anilines is 1. The van der Waals surface area contributed by atoms with Crippen LogP contribution in [0.3, 0.4) is 0 Å². The van der Waals surface area contributed by atoms with E-state index in [2.05, 4.69) is 14.7 Å². The van der Waals surface area contributed by atoms with Gasteiger partial charge in [-0.05, 0) is 42.7 Å². The summed E-state index contributed by atoms with van der Waals surface area (Å²) in [6.45, 7) is 3.53. The molecular weight excluding hydrogens is 388 g/mol. The maximum Gasteiger partial charge on any atom is 0.232 e. The predicted octanol–water partition coefficient (Wildman–Crippen LogP) is 3.73. The molecule has 0 aliphatic carbocycles. The van der Waals surface area contributed by atoms with Gasteiger partial charge in [0.05, 0.1) is 17.0 Å². The Hall–Kier alpha value is -2.81. The van der Waals surface area contributed by atoms with E-state index in [0.717, 1.165) is 23.1 Å². The molecule has 2 N–H and O–H groups in total. The molecule has 0 fully saturated rings. The number of hydrogen-bond acceptors (Lipinski definition) is 4. The third kappa shape index (κ3) is 4.04. The fraction of sp³-hybridized carbons (Fsp3) is 0.263. The Labute approximate surface area is 161 Å². The van der Waals surface area contributed by atoms with Crippen molar-refractivity contribution in [3.05, 3.63) is 58.9 Å². The lowest BCUT2D eigenvalue weighted by molar-refractivity contribution is 0.0985. The molecule has 0 saturated heterocycles. The van der Waals surface area contributed by atoms with Crippen LogP contribution in [0.2, 0.25) is 0 Å². The predicted molar refractivity (Wildman–Crippen MR) is 103 cm³/mol. The Morgan fingerprint density at radius 1 is 1.29 bits per heavy atom. The Morgan fingerprint density at radius 2 is 2.04 bits per heavy atom. The number of fused-ring (bicyclic) bond motifs is 1. The zero-order chi connectivity index (χ0) is 20.5. The van der Waals surface area contributed by atoms with Crippen LogP contribution < -0.4 is 4.72 Å². The van der Waals surface area contributed by atoms with Gasteiger partial charge in [-0.15, -0.1) is 0 Å². The van der Waals surface area contributed by atoms with E-state index in [-0.39, 0.29) is 12.2 Å². The van der Waals surface area contributed by atoms with E-state index in [1.165, 1.54) is 6.20 Å². The van der Waals surface area contributed by atoms with Crippen molar-refractivity contribution in [2.75, 3.05) is 10.5 Å². The van der Waals surface area contributed by atoms with E-state index in [4.69, 9.17) is 0 Å². The number of carbonyl (C=O) groups excluding carboxylic acids is 1. The molecule has 3 rings (SSSR count). The van der Waals surface area contributed by atoms with Gasteiger partial charge < -0.3 is 4.98 Å². The van der Waals surface area contributed by atoms with E-state index in [9.17, 15) is 22.0 Å². The van der Waals surface area contributed by atoms with Crippen molar-refractivity contribution in [3.63, 3.8) is 0 Å². The number of nitrogens with zero attached hydrogens (tertiary/aromatic N) is 1. The molecule has 0 unspecified atom stereocenters. The number of nitrogens with one attached hydrogen (secondary N) is 2. The highest BCUT2D eigenvalue weighted by Gasteiger charge is 2.23. The lowest BCUT2D eigenvalue weighted by atomic mass is 10.0. The Morgan fingerprint density at radius 3 is 2.75 bits per heavy atom. The minimum absolute atomic E-state index is 0.213. The van der Waals surface area contributed by atoms with Crippen molar-refractivity contribution >= 4 is 32.5 Å². The number of ketones is 1. The third-order valence-electron chi connectivity index (χ3n) is 4.27. The van der Waals surface area contributed by atoms with Gasteiger partial charge in [-0.3, -0.25) is 9.52 Å². The van der Waals surface area contributed by atoms with Crippen LogP contribution in [0.15, 0.2) is 30.6 Å². The minimum Gasteiger partial charge on any atom is -0.346 e. The molecule has 2 heterocycles. The average molecular weight is 407 g/mol. The molecule has 0 saturated carbocycles. The molecule has 6 nitrogen and oxygen atoms in total. The number of sulfonamides is 1. The van der Waals surface area contributed by atoms with Gasteiger partial charge in [0.2, 0.25) is 10.0 Å². The second kappa shape index (κ2) is 7.67. The number of carbonyl (C=O) groups is 1. The number of hydrogen-bond donors (Lipinski definition) is 2. The number of rotatable bonds is 7. The highest BCUT2D eigenvalue weighted by Crippen LogP contribution is 2.25. The monoisotopic (exact) mass is 407 g/mol. The van der Waals surface area contributed by atoms with Gasteiger partial charge in [0.1, 0.15) is 11.5 Å². The lowest BCUT2D eigenvalue weighted by Crippen LogP contribution is -2.19. The maximum atomic E-state index is 14.7. The molecule has 0 aliphatic rings. The summed E-state index contributed by atoms with van der Waals surface area (Å²) >= 11 is 0. The smallest absolute Gasteiger partial charge is 0.232 e. The van der Waals surface area contributed by atoms with Crippen molar-refractivity contribution in [1.29, 1.82) is 0 Å². The van der Waals surface area contributed by atoms with Gasteiger partial charge >= 0.3 is 0 Å². The average Bonchev–Trinajstić information content (AvgIpc) is 2.98. The number of halogens is 2. The third-order valence-corrected chi connectivity index (χ3v) is 5.74. The summed E-state index contributed by atoms with van der Waals surface area (Å²) in [6.07, 6.45) is 3.29. The van der Waals surface area contributed by atoms with Gasteiger partial charge in [0.15, 0.2) is 11.6 Å². The van der Waals surface area contributed by atoms with Crippen LogP contribution in [0.1, 0.15) is 34.8 Å². The van der Waals surface area contributed by atoms with Crippen molar-refractivity contribution in [2.45, 2.75) is 26.7 Å². The van der Waals surface area contributed by atoms with Crippen molar-refractivity contribution in [1.82, 2.24) is 9.97 Å². The van der Waals surface area contributed by atoms with Crippen molar-refractivity contribution < 1.29 is 22.0 Å². The van der Waals surface area contributed by atoms with Gasteiger partial charge in [0, 0.05) is 24.2 Å². The number of aryl methyl sites for hydroxylation is 1. The molecule has 1 aromatic carbocycles. The van der Waals surface area contributed by atoms with Crippen LogP contribution in [-0.2, 0) is 16.4 Å². The molecule has 28 heavy (non-hydrogen) atoms. The summed E-state index contributed by atoms with van der Waals surface area (Å²) in [5.41, 5.74) is 0.853. The SMILES string of the molecule is CCCS(=O)(=O)Nc1ccc(F)c(C(=O)Cc2cnc3[nH]cc(C)c3c2)c1F. The fourth-order valence-electron chi connectivity index (χ4n) is 2.92. The normalized spacial score (nSPS) is 11.7. The molecule has 0 spiro atoms. The maximum absolute atomic E-state index is 14.7. The molecule has 9 heteroatoms. The molecule has 0 amide bonds. The van der Waals surface area contributed by atoms with Gasteiger partial charge in [-0.1, -0.05) is 6.92 Å². The zero-order valence-electron chi connectivity index (χ0n) is 15.3. The zero-order valence-corrected chi connectivity index (χ0v) is 16.2. The Kier molecular flexibility index (Phi) is 5.46.